The number of aliphatic imine (C=N–C) groups is 1. The van der Waals surface area contributed by atoms with Crippen LogP contribution in [-0.4, -0.2) is 50.5 Å². The molecule has 1 saturated heterocycles. The van der Waals surface area contributed by atoms with E-state index < -0.39 is 0 Å². The molecule has 3 fully saturated rings. The van der Waals surface area contributed by atoms with Gasteiger partial charge in [-0.2, -0.15) is 0 Å². The molecular weight excluding hydrogens is 654 g/mol. The van der Waals surface area contributed by atoms with Crippen molar-refractivity contribution in [2.75, 3.05) is 42.5 Å². The van der Waals surface area contributed by atoms with E-state index in [2.05, 4.69) is 96.1 Å². The number of nitrogens with one attached hydrogen (secondary N) is 1. The zero-order valence-electron chi connectivity index (χ0n) is 34.5. The fraction of sp³-hybridized carbons (Fsp3) is 0.532. The second-order valence-corrected chi connectivity index (χ2v) is 15.1. The summed E-state index contributed by atoms with van der Waals surface area (Å²) in [6, 6.07) is 15.1. The van der Waals surface area contributed by atoms with Gasteiger partial charge < -0.3 is 15.1 Å². The Bertz CT molecular complexity index is 1580. The minimum absolute atomic E-state index is 0.00294. The number of pyridine rings is 1. The van der Waals surface area contributed by atoms with Gasteiger partial charge in [0.15, 0.2) is 5.82 Å². The van der Waals surface area contributed by atoms with Gasteiger partial charge in [-0.25, -0.2) is 4.39 Å². The van der Waals surface area contributed by atoms with Gasteiger partial charge in [-0.3, -0.25) is 9.98 Å². The number of aryl methyl sites for hydroxylation is 1. The van der Waals surface area contributed by atoms with Gasteiger partial charge in [-0.1, -0.05) is 110 Å². The lowest BCUT2D eigenvalue weighted by molar-refractivity contribution is 0.496. The number of anilines is 2. The van der Waals surface area contributed by atoms with E-state index in [1.54, 1.807) is 0 Å². The standard InChI is InChI=1S/C23H34FN3.C20H24N2.2C2H6/c1-17(2)19-14-21(24)23(25-3)22(15-19)27(16-18-8-4-5-9-18)13-12-26-20-10-6-7-11-20;1-5-17-16(7-6-8-18(17)22-11-12-22)13-20(3,4)19-10-9-15(2)14-21-19;2*1-2/h14-15,18,20,26H,1,3-13,16H2,2H3;5-10,14H,1,11-13H2,2-4H3;2*1-2H3. The summed E-state index contributed by atoms with van der Waals surface area (Å²) in [5.41, 5.74) is 9.25. The Hall–Kier alpha value is -3.77. The average molecular weight is 724 g/mol. The van der Waals surface area contributed by atoms with Crippen LogP contribution in [0.25, 0.3) is 11.6 Å². The predicted molar refractivity (Wildman–Crippen MR) is 232 cm³/mol. The van der Waals surface area contributed by atoms with Gasteiger partial charge in [0.25, 0.3) is 0 Å². The van der Waals surface area contributed by atoms with Crippen molar-refractivity contribution >= 4 is 35.4 Å². The largest absolute Gasteiger partial charge is 0.368 e. The predicted octanol–water partition coefficient (Wildman–Crippen LogP) is 12.1. The molecule has 1 aliphatic heterocycles. The van der Waals surface area contributed by atoms with Gasteiger partial charge in [-0.05, 0) is 99.5 Å². The smallest absolute Gasteiger partial charge is 0.151 e. The fourth-order valence-corrected chi connectivity index (χ4v) is 7.57. The Morgan fingerprint density at radius 1 is 1.02 bits per heavy atom. The van der Waals surface area contributed by atoms with E-state index in [4.69, 9.17) is 0 Å². The highest BCUT2D eigenvalue weighted by atomic mass is 19.1. The molecule has 2 aliphatic carbocycles. The van der Waals surface area contributed by atoms with Crippen LogP contribution >= 0.6 is 0 Å². The summed E-state index contributed by atoms with van der Waals surface area (Å²) in [6.45, 7) is 33.3. The Kier molecular flexibility index (Phi) is 18.0. The van der Waals surface area contributed by atoms with Gasteiger partial charge in [0, 0.05) is 67.3 Å². The van der Waals surface area contributed by atoms with Crippen LogP contribution in [0, 0.1) is 18.7 Å². The number of halogens is 1. The van der Waals surface area contributed by atoms with E-state index in [-0.39, 0.29) is 11.2 Å². The normalized spacial score (nSPS) is 15.3. The number of rotatable bonds is 14. The molecule has 1 N–H and O–H groups in total. The molecule has 1 aromatic heterocycles. The first-order valence-electron chi connectivity index (χ1n) is 20.5. The SMILES string of the molecule is C=Cc1c(CC(C)(C)c2ccc(C)cn2)cccc1N1CC1.C=Nc1c(F)cc(C(=C)C)cc1N(CCNC1CCCC1)CC1CCCC1.CC.CC. The minimum Gasteiger partial charge on any atom is -0.368 e. The van der Waals surface area contributed by atoms with E-state index in [1.165, 1.54) is 79.8 Å². The van der Waals surface area contributed by atoms with Crippen LogP contribution < -0.4 is 15.1 Å². The summed E-state index contributed by atoms with van der Waals surface area (Å²) in [5.74, 6) is 0.381. The first-order chi connectivity index (χ1) is 25.6. The molecule has 0 atom stereocenters. The van der Waals surface area contributed by atoms with Crippen molar-refractivity contribution in [3.8, 4) is 0 Å². The number of hydrogen-bond donors (Lipinski definition) is 1. The number of benzene rings is 2. The van der Waals surface area contributed by atoms with Crippen molar-refractivity contribution in [3.63, 3.8) is 0 Å². The molecule has 0 spiro atoms. The monoisotopic (exact) mass is 724 g/mol. The van der Waals surface area contributed by atoms with Gasteiger partial charge in [0.05, 0.1) is 5.69 Å². The maximum absolute atomic E-state index is 14.7. The summed E-state index contributed by atoms with van der Waals surface area (Å²) in [6.07, 6.45) is 15.3. The molecule has 0 radical (unpaired) electrons. The molecule has 3 aliphatic rings. The van der Waals surface area contributed by atoms with Crippen LogP contribution in [0.5, 0.6) is 0 Å². The van der Waals surface area contributed by atoms with Gasteiger partial charge in [0.2, 0.25) is 0 Å². The second kappa shape index (κ2) is 21.8. The highest BCUT2D eigenvalue weighted by Gasteiger charge is 2.27. The van der Waals surface area contributed by atoms with Gasteiger partial charge in [0.1, 0.15) is 5.69 Å². The molecule has 290 valence electrons. The summed E-state index contributed by atoms with van der Waals surface area (Å²) in [7, 11) is 0. The second-order valence-electron chi connectivity index (χ2n) is 15.1. The van der Waals surface area contributed by atoms with Crippen molar-refractivity contribution in [1.29, 1.82) is 0 Å². The summed E-state index contributed by atoms with van der Waals surface area (Å²) >= 11 is 0. The third-order valence-electron chi connectivity index (χ3n) is 10.6. The fourth-order valence-electron chi connectivity index (χ4n) is 7.57. The highest BCUT2D eigenvalue weighted by Crippen LogP contribution is 2.37. The molecule has 53 heavy (non-hydrogen) atoms. The van der Waals surface area contributed by atoms with E-state index in [9.17, 15) is 4.39 Å². The molecule has 0 bridgehead atoms. The Morgan fingerprint density at radius 2 is 1.68 bits per heavy atom. The molecule has 3 aromatic rings. The molecule has 0 amide bonds. The van der Waals surface area contributed by atoms with E-state index in [0.29, 0.717) is 17.6 Å². The lowest BCUT2D eigenvalue weighted by atomic mass is 9.80. The zero-order chi connectivity index (χ0) is 39.0. The Morgan fingerprint density at radius 3 is 2.25 bits per heavy atom. The van der Waals surface area contributed by atoms with Crippen LogP contribution in [-0.2, 0) is 11.8 Å². The molecule has 0 unspecified atom stereocenters. The third kappa shape index (κ3) is 12.7. The Balaban J connectivity index is 0.000000265. The third-order valence-corrected chi connectivity index (χ3v) is 10.6. The summed E-state index contributed by atoms with van der Waals surface area (Å²) in [4.78, 5) is 13.4. The average Bonchev–Trinajstić information content (AvgIpc) is 3.62. The number of aromatic nitrogens is 1. The van der Waals surface area contributed by atoms with Crippen LogP contribution in [0.3, 0.4) is 0 Å². The molecule has 2 aromatic carbocycles. The first-order valence-corrected chi connectivity index (χ1v) is 20.5. The molecule has 2 saturated carbocycles. The molecule has 6 rings (SSSR count). The van der Waals surface area contributed by atoms with Crippen molar-refractivity contribution in [2.24, 2.45) is 10.9 Å². The molecule has 5 nitrogen and oxygen atoms in total. The van der Waals surface area contributed by atoms with E-state index in [1.807, 2.05) is 53.0 Å². The number of hydrogen-bond acceptors (Lipinski definition) is 5. The maximum Gasteiger partial charge on any atom is 0.151 e. The first kappa shape index (κ1) is 43.6. The topological polar surface area (TPSA) is 43.5 Å². The lowest BCUT2D eigenvalue weighted by Gasteiger charge is -2.30. The highest BCUT2D eigenvalue weighted by molar-refractivity contribution is 5.76. The Labute approximate surface area is 322 Å². The quantitative estimate of drug-likeness (QED) is 0.133. The van der Waals surface area contributed by atoms with Crippen LogP contribution in [0.15, 0.2) is 66.8 Å². The minimum atomic E-state index is -0.305. The van der Waals surface area contributed by atoms with E-state index in [0.717, 1.165) is 61.7 Å². The van der Waals surface area contributed by atoms with Crippen LogP contribution in [0.4, 0.5) is 21.5 Å². The van der Waals surface area contributed by atoms with Gasteiger partial charge in [-0.15, -0.1) is 0 Å². The number of nitrogens with zero attached hydrogens (tertiary/aromatic N) is 4. The van der Waals surface area contributed by atoms with Crippen LogP contribution in [0.2, 0.25) is 0 Å². The maximum atomic E-state index is 14.7. The van der Waals surface area contributed by atoms with Crippen molar-refractivity contribution in [2.45, 2.75) is 125 Å². The molecular formula is C47H70FN5. The lowest BCUT2D eigenvalue weighted by Crippen LogP contribution is -2.38. The van der Waals surface area contributed by atoms with Gasteiger partial charge >= 0.3 is 0 Å². The molecule has 2 heterocycles. The van der Waals surface area contributed by atoms with E-state index >= 15 is 0 Å². The van der Waals surface area contributed by atoms with Crippen LogP contribution in [0.1, 0.15) is 128 Å². The zero-order valence-corrected chi connectivity index (χ0v) is 34.5. The number of allylic oxidation sites excluding steroid dienone is 1. The van der Waals surface area contributed by atoms with Crippen molar-refractivity contribution in [1.82, 2.24) is 10.3 Å². The van der Waals surface area contributed by atoms with Crippen molar-refractivity contribution < 1.29 is 4.39 Å². The molecule has 6 heteroatoms. The summed E-state index contributed by atoms with van der Waals surface area (Å²) < 4.78 is 14.7. The summed E-state index contributed by atoms with van der Waals surface area (Å²) in [5, 5.41) is 3.70. The van der Waals surface area contributed by atoms with Crippen molar-refractivity contribution in [3.05, 3.63) is 95.6 Å².